The van der Waals surface area contributed by atoms with Crippen molar-refractivity contribution in [2.24, 2.45) is 21.7 Å². The summed E-state index contributed by atoms with van der Waals surface area (Å²) in [4.78, 5) is 23.1. The molecule has 0 unspecified atom stereocenters. The molecular weight excluding hydrogens is 951 g/mol. The summed E-state index contributed by atoms with van der Waals surface area (Å²) in [7, 11) is 0. The maximum atomic E-state index is 15.0. The zero-order valence-electron chi connectivity index (χ0n) is 46.1. The van der Waals surface area contributed by atoms with Crippen LogP contribution in [-0.2, 0) is 35.6 Å². The normalized spacial score (nSPS) is 19.2. The van der Waals surface area contributed by atoms with Gasteiger partial charge in [0.15, 0.2) is 0 Å². The zero-order valence-corrected chi connectivity index (χ0v) is 46.1. The van der Waals surface area contributed by atoms with Gasteiger partial charge in [-0.15, -0.1) is 0 Å². The summed E-state index contributed by atoms with van der Waals surface area (Å²) in [5.41, 5.74) is 16.2. The van der Waals surface area contributed by atoms with Crippen LogP contribution in [0, 0.1) is 47.1 Å². The molecule has 2 atom stereocenters. The van der Waals surface area contributed by atoms with Crippen molar-refractivity contribution in [3.05, 3.63) is 189 Å². The van der Waals surface area contributed by atoms with Gasteiger partial charge in [-0.2, -0.15) is 0 Å². The highest BCUT2D eigenvalue weighted by atomic mass is 19.1. The second-order valence-corrected chi connectivity index (χ2v) is 24.7. The van der Waals surface area contributed by atoms with Crippen LogP contribution in [0.25, 0.3) is 33.4 Å². The molecule has 0 heterocycles. The Labute approximate surface area is 448 Å². The van der Waals surface area contributed by atoms with E-state index >= 15 is 0 Å². The Balaban J connectivity index is 0.000000186. The van der Waals surface area contributed by atoms with Crippen molar-refractivity contribution < 1.29 is 38.1 Å². The van der Waals surface area contributed by atoms with Crippen molar-refractivity contribution in [2.75, 3.05) is 0 Å². The van der Waals surface area contributed by atoms with Crippen LogP contribution in [0.4, 0.5) is 8.78 Å². The molecule has 0 amide bonds. The van der Waals surface area contributed by atoms with Gasteiger partial charge in [0.25, 0.3) is 0 Å². The molecule has 0 fully saturated rings. The number of rotatable bonds is 14. The number of benzene rings is 6. The number of fused-ring (bicyclic) bond motifs is 2. The van der Waals surface area contributed by atoms with Crippen molar-refractivity contribution in [3.8, 4) is 33.8 Å². The molecule has 0 radical (unpaired) electrons. The van der Waals surface area contributed by atoms with E-state index in [0.717, 1.165) is 106 Å². The molecule has 6 aromatic carbocycles. The van der Waals surface area contributed by atoms with E-state index in [1.807, 2.05) is 74.5 Å². The first-order valence-corrected chi connectivity index (χ1v) is 27.0. The van der Waals surface area contributed by atoms with E-state index in [4.69, 9.17) is 9.47 Å². The van der Waals surface area contributed by atoms with Gasteiger partial charge in [-0.3, -0.25) is 9.59 Å². The lowest BCUT2D eigenvalue weighted by atomic mass is 9.78. The van der Waals surface area contributed by atoms with Gasteiger partial charge in [0.1, 0.15) is 36.3 Å². The van der Waals surface area contributed by atoms with Crippen LogP contribution in [0.1, 0.15) is 161 Å². The topological polar surface area (TPSA) is 93.1 Å². The van der Waals surface area contributed by atoms with Gasteiger partial charge in [0.05, 0.1) is 12.8 Å². The molecule has 0 saturated carbocycles. The van der Waals surface area contributed by atoms with Gasteiger partial charge in [0.2, 0.25) is 0 Å². The molecule has 0 bridgehead atoms. The van der Waals surface area contributed by atoms with E-state index in [2.05, 4.69) is 91.8 Å². The molecule has 10 rings (SSSR count). The minimum atomic E-state index is -0.774. The highest BCUT2D eigenvalue weighted by Crippen LogP contribution is 2.52. The number of halogens is 2. The molecule has 4 aliphatic rings. The molecule has 76 heavy (non-hydrogen) atoms. The summed E-state index contributed by atoms with van der Waals surface area (Å²) in [6, 6.07) is 35.1. The Morgan fingerprint density at radius 3 is 1.25 bits per heavy atom. The summed E-state index contributed by atoms with van der Waals surface area (Å²) in [5, 5.41) is 19.0. The number of aliphatic carboxylic acids is 2. The molecule has 2 N–H and O–H groups in total. The number of carbonyl (C=O) groups is 2. The number of carboxylic acid groups (broad SMARTS) is 2. The van der Waals surface area contributed by atoms with Crippen LogP contribution in [0.5, 0.6) is 11.5 Å². The van der Waals surface area contributed by atoms with Crippen LogP contribution >= 0.6 is 0 Å². The van der Waals surface area contributed by atoms with Crippen molar-refractivity contribution in [1.82, 2.24) is 0 Å². The first kappa shape index (κ1) is 54.0. The number of hydrogen-bond acceptors (Lipinski definition) is 4. The Morgan fingerprint density at radius 1 is 0.500 bits per heavy atom. The van der Waals surface area contributed by atoms with E-state index in [0.29, 0.717) is 24.3 Å². The largest absolute Gasteiger partial charge is 0.489 e. The number of ether oxygens (including phenoxy) is 2. The van der Waals surface area contributed by atoms with Gasteiger partial charge in [-0.05, 0) is 201 Å². The quantitative estimate of drug-likeness (QED) is 0.113. The standard InChI is InChI=1S/2C34H37FO3/c2*1-21-8-13-31(35)28(15-21)25-12-9-22(16-27(25)29-7-6-14-33(29,2)3)20-38-24-11-10-23-19-34(4,5)30(18-32(36)37)26(23)17-24/h2*7-13,15-17,30H,6,14,18-20H2,1-5H3,(H,36,37)/t2*30-/m10/s1. The van der Waals surface area contributed by atoms with Gasteiger partial charge in [-0.25, -0.2) is 8.78 Å². The Kier molecular flexibility index (Phi) is 14.9. The molecule has 8 heteroatoms. The Hall–Kier alpha value is -6.80. The zero-order chi connectivity index (χ0) is 54.5. The number of hydrogen-bond donors (Lipinski definition) is 2. The first-order chi connectivity index (χ1) is 35.9. The SMILES string of the molecule is Cc1ccc(F)c(-c2ccc(COc3ccc4c(c3)[C@@H](CC(=O)O)C(C)(C)C4)cc2C2=CCCC2(C)C)c1.Cc1ccc(F)c(-c2ccc(COc3ccc4c(c3)[C@H](CC(=O)O)C(C)(C)C4)cc2C2=CCCC2(C)C)c1. The molecule has 0 aliphatic heterocycles. The lowest BCUT2D eigenvalue weighted by Crippen LogP contribution is -2.20. The smallest absolute Gasteiger partial charge is 0.303 e. The second-order valence-electron chi connectivity index (χ2n) is 24.7. The van der Waals surface area contributed by atoms with Crippen LogP contribution in [0.3, 0.4) is 0 Å². The van der Waals surface area contributed by atoms with Crippen LogP contribution in [0.2, 0.25) is 0 Å². The third kappa shape index (κ3) is 11.3. The minimum absolute atomic E-state index is 0.0144. The average Bonchev–Trinajstić information content (AvgIpc) is 4.05. The summed E-state index contributed by atoms with van der Waals surface area (Å²) in [6.07, 6.45) is 10.7. The van der Waals surface area contributed by atoms with E-state index < -0.39 is 11.9 Å². The lowest BCUT2D eigenvalue weighted by molar-refractivity contribution is -0.139. The first-order valence-electron chi connectivity index (χ1n) is 27.0. The maximum absolute atomic E-state index is 15.0. The second kappa shape index (κ2) is 21.0. The average molecular weight is 1030 g/mol. The predicted molar refractivity (Wildman–Crippen MR) is 302 cm³/mol. The molecule has 0 spiro atoms. The summed E-state index contributed by atoms with van der Waals surface area (Å²) >= 11 is 0. The van der Waals surface area contributed by atoms with Crippen LogP contribution in [-0.4, -0.2) is 22.2 Å². The van der Waals surface area contributed by atoms with E-state index in [9.17, 15) is 28.6 Å². The Bertz CT molecular complexity index is 3080. The summed E-state index contributed by atoms with van der Waals surface area (Å²) in [5.74, 6) is -0.563. The van der Waals surface area contributed by atoms with E-state index in [-0.39, 0.29) is 58.0 Å². The highest BCUT2D eigenvalue weighted by Gasteiger charge is 2.42. The van der Waals surface area contributed by atoms with Crippen molar-refractivity contribution in [2.45, 2.75) is 146 Å². The fraction of sp³-hybridized carbons (Fsp3) is 0.382. The summed E-state index contributed by atoms with van der Waals surface area (Å²) in [6.45, 7) is 22.3. The Morgan fingerprint density at radius 2 is 0.895 bits per heavy atom. The van der Waals surface area contributed by atoms with E-state index in [1.165, 1.54) is 22.3 Å². The maximum Gasteiger partial charge on any atom is 0.303 e. The number of aryl methyl sites for hydroxylation is 2. The predicted octanol–water partition coefficient (Wildman–Crippen LogP) is 17.4. The summed E-state index contributed by atoms with van der Waals surface area (Å²) < 4.78 is 42.5. The van der Waals surface area contributed by atoms with Gasteiger partial charge in [-0.1, -0.05) is 127 Å². The number of carboxylic acids is 2. The minimum Gasteiger partial charge on any atom is -0.489 e. The molecule has 4 aliphatic carbocycles. The molecular formula is C68H74F2O6. The highest BCUT2D eigenvalue weighted by molar-refractivity contribution is 5.86. The third-order valence-electron chi connectivity index (χ3n) is 17.0. The third-order valence-corrected chi connectivity index (χ3v) is 17.0. The molecule has 396 valence electrons. The number of allylic oxidation sites excluding steroid dienone is 4. The van der Waals surface area contributed by atoms with Crippen LogP contribution < -0.4 is 9.47 Å². The lowest BCUT2D eigenvalue weighted by Gasteiger charge is -2.26. The van der Waals surface area contributed by atoms with Crippen molar-refractivity contribution in [1.29, 1.82) is 0 Å². The molecule has 6 nitrogen and oxygen atoms in total. The molecule has 0 saturated heterocycles. The van der Waals surface area contributed by atoms with Crippen molar-refractivity contribution >= 4 is 23.1 Å². The molecule has 0 aromatic heterocycles. The molecule has 6 aromatic rings. The van der Waals surface area contributed by atoms with Crippen LogP contribution in [0.15, 0.2) is 121 Å². The fourth-order valence-electron chi connectivity index (χ4n) is 12.7. The van der Waals surface area contributed by atoms with Gasteiger partial charge < -0.3 is 19.7 Å². The van der Waals surface area contributed by atoms with E-state index in [1.54, 1.807) is 24.3 Å². The monoisotopic (exact) mass is 1020 g/mol. The fourth-order valence-corrected chi connectivity index (χ4v) is 12.7. The van der Waals surface area contributed by atoms with Gasteiger partial charge >= 0.3 is 11.9 Å². The van der Waals surface area contributed by atoms with Crippen molar-refractivity contribution in [3.63, 3.8) is 0 Å². The van der Waals surface area contributed by atoms with Gasteiger partial charge in [0, 0.05) is 23.0 Å².